The second-order valence-corrected chi connectivity index (χ2v) is 12.3. The molecule has 1 aromatic rings. The molecule has 0 aromatic heterocycles. The van der Waals surface area contributed by atoms with Gasteiger partial charge in [-0.05, 0) is 50.8 Å². The summed E-state index contributed by atoms with van der Waals surface area (Å²) in [4.78, 5) is 55.3. The topological polar surface area (TPSA) is 110 Å². The van der Waals surface area contributed by atoms with Crippen LogP contribution in [0.15, 0.2) is 29.4 Å². The van der Waals surface area contributed by atoms with Crippen molar-refractivity contribution in [3.05, 3.63) is 51.6 Å². The van der Waals surface area contributed by atoms with Crippen LogP contribution in [0.2, 0.25) is 0 Å². The summed E-state index contributed by atoms with van der Waals surface area (Å²) >= 11 is 0. The van der Waals surface area contributed by atoms with Crippen molar-refractivity contribution in [2.24, 2.45) is 29.6 Å². The molecule has 3 heterocycles. The summed E-state index contributed by atoms with van der Waals surface area (Å²) in [6.07, 6.45) is 4.07. The summed E-state index contributed by atoms with van der Waals surface area (Å²) in [6.45, 7) is 12.8. The number of carbonyl (C=O) groups excluding carboxylic acids is 4. The van der Waals surface area contributed by atoms with Gasteiger partial charge >= 0.3 is 0 Å². The van der Waals surface area contributed by atoms with Gasteiger partial charge in [0.1, 0.15) is 22.5 Å². The van der Waals surface area contributed by atoms with Crippen molar-refractivity contribution in [3.8, 4) is 5.75 Å². The highest BCUT2D eigenvalue weighted by Crippen LogP contribution is 2.69. The lowest BCUT2D eigenvalue weighted by Gasteiger charge is -2.68. The molecule has 7 rings (SSSR count). The Morgan fingerprint density at radius 3 is 2.35 bits per heavy atom. The first-order valence-electron chi connectivity index (χ1n) is 13.1. The van der Waals surface area contributed by atoms with Crippen molar-refractivity contribution in [2.45, 2.75) is 71.6 Å². The second kappa shape index (κ2) is 7.07. The molecule has 2 spiro atoms. The first-order valence-corrected chi connectivity index (χ1v) is 13.1. The van der Waals surface area contributed by atoms with Gasteiger partial charge in [0.15, 0.2) is 17.3 Å². The maximum Gasteiger partial charge on any atom is 0.224 e. The van der Waals surface area contributed by atoms with Crippen LogP contribution in [0.5, 0.6) is 5.75 Å². The summed E-state index contributed by atoms with van der Waals surface area (Å²) < 4.78 is 6.61. The van der Waals surface area contributed by atoms with Gasteiger partial charge in [-0.2, -0.15) is 0 Å². The van der Waals surface area contributed by atoms with E-state index >= 15 is 0 Å². The number of allylic oxidation sites excluding steroid dienone is 3. The lowest BCUT2D eigenvalue weighted by molar-refractivity contribution is -0.303. The fourth-order valence-corrected chi connectivity index (χ4v) is 8.71. The van der Waals surface area contributed by atoms with Crippen LogP contribution in [0.4, 0.5) is 0 Å². The predicted octanol–water partition coefficient (Wildman–Crippen LogP) is 3.95. The molecule has 2 saturated heterocycles. The molecule has 37 heavy (non-hydrogen) atoms. The van der Waals surface area contributed by atoms with Crippen molar-refractivity contribution in [2.75, 3.05) is 0 Å². The Bertz CT molecular complexity index is 1420. The average Bonchev–Trinajstić information content (AvgIpc) is 3.04. The SMILES string of the molecule is CC1=C[C@H](C)/C=C(/C)C2[C@]34C[C@@]5(NC(=O)[C@H](C)[C@H]5[C@H](C)C1=O)C(=O)c1cc(C)c(O)c(c13)C(=O)[C@@]2(C)O4. The number of aromatic hydroxyl groups is 1. The van der Waals surface area contributed by atoms with Crippen molar-refractivity contribution in [3.63, 3.8) is 0 Å². The molecule has 6 aliphatic rings. The van der Waals surface area contributed by atoms with Crippen molar-refractivity contribution >= 4 is 23.3 Å². The molecule has 2 fully saturated rings. The molecule has 0 saturated carbocycles. The third-order valence-corrected chi connectivity index (χ3v) is 9.90. The number of phenolic OH excluding ortho intramolecular Hbond substituents is 1. The van der Waals surface area contributed by atoms with Crippen molar-refractivity contribution < 1.29 is 29.0 Å². The minimum atomic E-state index is -1.37. The van der Waals surface area contributed by atoms with E-state index in [0.717, 1.165) is 5.57 Å². The van der Waals surface area contributed by atoms with E-state index in [1.54, 1.807) is 33.8 Å². The summed E-state index contributed by atoms with van der Waals surface area (Å²) in [5, 5.41) is 14.1. The van der Waals surface area contributed by atoms with Crippen LogP contribution in [0, 0.1) is 36.5 Å². The van der Waals surface area contributed by atoms with Crippen LogP contribution in [-0.4, -0.2) is 39.5 Å². The lowest BCUT2D eigenvalue weighted by atomic mass is 9.47. The molecule has 1 unspecified atom stereocenters. The number of nitrogens with one attached hydrogen (secondary N) is 1. The predicted molar refractivity (Wildman–Crippen MR) is 135 cm³/mol. The number of phenols is 1. The Labute approximate surface area is 216 Å². The minimum absolute atomic E-state index is 0.0758. The fourth-order valence-electron chi connectivity index (χ4n) is 8.71. The van der Waals surface area contributed by atoms with E-state index in [0.29, 0.717) is 22.3 Å². The number of carbonyl (C=O) groups is 4. The third-order valence-electron chi connectivity index (χ3n) is 9.90. The molecule has 2 N–H and O–H groups in total. The van der Waals surface area contributed by atoms with Gasteiger partial charge in [0.25, 0.3) is 0 Å². The highest BCUT2D eigenvalue weighted by atomic mass is 16.6. The van der Waals surface area contributed by atoms with E-state index < -0.39 is 34.5 Å². The van der Waals surface area contributed by atoms with E-state index in [1.165, 1.54) is 0 Å². The number of aryl methyl sites for hydroxylation is 1. The third kappa shape index (κ3) is 2.61. The van der Waals surface area contributed by atoms with Crippen LogP contribution in [0.25, 0.3) is 0 Å². The van der Waals surface area contributed by atoms with Gasteiger partial charge in [0.2, 0.25) is 5.91 Å². The van der Waals surface area contributed by atoms with E-state index in [1.807, 2.05) is 26.8 Å². The molecule has 194 valence electrons. The number of amides is 1. The Morgan fingerprint density at radius 1 is 1.00 bits per heavy atom. The Kier molecular flexibility index (Phi) is 4.64. The number of ether oxygens (including phenoxy) is 1. The fraction of sp³-hybridized carbons (Fsp3) is 0.533. The Hall–Kier alpha value is -3.06. The number of hydrogen-bond acceptors (Lipinski definition) is 6. The lowest BCUT2D eigenvalue weighted by Crippen LogP contribution is -2.77. The van der Waals surface area contributed by atoms with Crippen LogP contribution >= 0.6 is 0 Å². The van der Waals surface area contributed by atoms with Gasteiger partial charge in [-0.15, -0.1) is 0 Å². The van der Waals surface area contributed by atoms with E-state index in [4.69, 9.17) is 4.74 Å². The van der Waals surface area contributed by atoms with Gasteiger partial charge in [-0.25, -0.2) is 0 Å². The molecular formula is C30H33NO6. The van der Waals surface area contributed by atoms with Crippen LogP contribution in [0.3, 0.4) is 0 Å². The van der Waals surface area contributed by atoms with Crippen molar-refractivity contribution in [1.82, 2.24) is 5.32 Å². The van der Waals surface area contributed by atoms with Crippen LogP contribution in [-0.2, 0) is 19.9 Å². The highest BCUT2D eigenvalue weighted by Gasteiger charge is 2.78. The monoisotopic (exact) mass is 503 g/mol. The molecule has 3 bridgehead atoms. The molecule has 7 nitrogen and oxygen atoms in total. The summed E-state index contributed by atoms with van der Waals surface area (Å²) in [5.74, 6) is -3.36. The maximum atomic E-state index is 14.5. The zero-order chi connectivity index (χ0) is 27.0. The van der Waals surface area contributed by atoms with Gasteiger partial charge in [0, 0.05) is 41.2 Å². The standard InChI is InChI=1S/C30H33NO6/c1-12-8-13(2)22(32)16(5)20-17(6)27(36)31-29(20)11-30-21-18(25(29)34)10-14(3)23(33)19(21)26(35)28(7,37-30)24(30)15(4)9-12/h8-10,12,16-17,20,24,33H,11H2,1-7H3,(H,31,36)/b13-8?,15-9-/t12-,16-,17+,20+,24?,28-,29-,30-/m0/s1. The minimum Gasteiger partial charge on any atom is -0.507 e. The Balaban J connectivity index is 1.74. The summed E-state index contributed by atoms with van der Waals surface area (Å²) in [6, 6.07) is 1.62. The smallest absolute Gasteiger partial charge is 0.224 e. The normalized spacial score (nSPS) is 43.5. The number of benzene rings is 1. The zero-order valence-electron chi connectivity index (χ0n) is 22.3. The van der Waals surface area contributed by atoms with Gasteiger partial charge in [-0.3, -0.25) is 19.2 Å². The summed E-state index contributed by atoms with van der Waals surface area (Å²) in [7, 11) is 0. The molecule has 3 aliphatic heterocycles. The van der Waals surface area contributed by atoms with Gasteiger partial charge in [-0.1, -0.05) is 38.5 Å². The largest absolute Gasteiger partial charge is 0.507 e. The molecular weight excluding hydrogens is 470 g/mol. The van der Waals surface area contributed by atoms with Crippen molar-refractivity contribution in [1.29, 1.82) is 0 Å². The first kappa shape index (κ1) is 24.3. The number of rotatable bonds is 0. The molecule has 3 aliphatic carbocycles. The Morgan fingerprint density at radius 2 is 1.68 bits per heavy atom. The van der Waals surface area contributed by atoms with Gasteiger partial charge in [0.05, 0.1) is 5.56 Å². The van der Waals surface area contributed by atoms with Crippen LogP contribution < -0.4 is 5.32 Å². The van der Waals surface area contributed by atoms with E-state index in [9.17, 15) is 24.3 Å². The molecule has 0 radical (unpaired) electrons. The zero-order valence-corrected chi connectivity index (χ0v) is 22.3. The molecule has 7 heteroatoms. The molecule has 1 aromatic carbocycles. The molecule has 8 atom stereocenters. The average molecular weight is 504 g/mol. The number of Topliss-reactive ketones (excluding diaryl/α,β-unsaturated/α-hetero) is 3. The molecule has 1 amide bonds. The quantitative estimate of drug-likeness (QED) is 0.519. The van der Waals surface area contributed by atoms with Crippen LogP contribution in [0.1, 0.15) is 79.8 Å². The van der Waals surface area contributed by atoms with E-state index in [-0.39, 0.29) is 52.8 Å². The number of hydrogen-bond donors (Lipinski definition) is 2. The second-order valence-electron chi connectivity index (χ2n) is 12.3. The van der Waals surface area contributed by atoms with E-state index in [2.05, 4.69) is 11.4 Å². The highest BCUT2D eigenvalue weighted by molar-refractivity contribution is 6.17. The summed E-state index contributed by atoms with van der Waals surface area (Å²) in [5.41, 5.74) is -0.858. The first-order chi connectivity index (χ1) is 17.2. The maximum absolute atomic E-state index is 14.5. The number of ketones is 3. The van der Waals surface area contributed by atoms with Gasteiger partial charge < -0.3 is 15.2 Å².